The maximum Gasteiger partial charge on any atom is 0.410 e. The molecule has 7 nitrogen and oxygen atoms in total. The van der Waals surface area contributed by atoms with Gasteiger partial charge in [-0.1, -0.05) is 46.3 Å². The van der Waals surface area contributed by atoms with E-state index in [-0.39, 0.29) is 18.1 Å². The number of carbonyl (C=O) groups is 3. The first-order valence-electron chi connectivity index (χ1n) is 8.83. The molecule has 146 valence electrons. The maximum absolute atomic E-state index is 12.7. The van der Waals surface area contributed by atoms with Gasteiger partial charge in [-0.05, 0) is 36.6 Å². The summed E-state index contributed by atoms with van der Waals surface area (Å²) < 4.78 is 6.02. The van der Waals surface area contributed by atoms with Gasteiger partial charge < -0.3 is 15.8 Å². The quantitative estimate of drug-likeness (QED) is 0.736. The highest BCUT2D eigenvalue weighted by Crippen LogP contribution is 2.24. The van der Waals surface area contributed by atoms with Crippen LogP contribution in [0.2, 0.25) is 0 Å². The number of carbonyl (C=O) groups excluding carboxylic acids is 3. The molecule has 3 amide bonds. The Morgan fingerprint density at radius 1 is 1.18 bits per heavy atom. The van der Waals surface area contributed by atoms with Crippen LogP contribution in [-0.4, -0.2) is 35.4 Å². The van der Waals surface area contributed by atoms with Crippen LogP contribution in [0.5, 0.6) is 0 Å². The largest absolute Gasteiger partial charge is 0.445 e. The molecule has 3 N–H and O–H groups in total. The SMILES string of the molecule is NC(=O)c1cc(Br)ccc1NC(=O)[C@@H]1CCCN1C(=O)OCc1ccccc1. The van der Waals surface area contributed by atoms with E-state index >= 15 is 0 Å². The molecule has 1 atom stereocenters. The standard InChI is InChI=1S/C20H20BrN3O4/c21-14-8-9-16(15(11-14)18(22)25)23-19(26)17-7-4-10-24(17)20(27)28-12-13-5-2-1-3-6-13/h1-3,5-6,8-9,11,17H,4,7,10,12H2,(H2,22,25)(H,23,26)/t17-/m0/s1. The summed E-state index contributed by atoms with van der Waals surface area (Å²) in [5, 5.41) is 2.71. The van der Waals surface area contributed by atoms with Gasteiger partial charge in [-0.2, -0.15) is 0 Å². The third-order valence-corrected chi connectivity index (χ3v) is 4.99. The highest BCUT2D eigenvalue weighted by atomic mass is 79.9. The summed E-state index contributed by atoms with van der Waals surface area (Å²) in [6.45, 7) is 0.581. The van der Waals surface area contributed by atoms with E-state index in [9.17, 15) is 14.4 Å². The van der Waals surface area contributed by atoms with E-state index in [1.54, 1.807) is 18.2 Å². The second kappa shape index (κ2) is 8.88. The minimum atomic E-state index is -0.660. The number of nitrogens with zero attached hydrogens (tertiary/aromatic N) is 1. The zero-order chi connectivity index (χ0) is 20.1. The molecule has 1 aliphatic rings. The average molecular weight is 446 g/mol. The molecule has 0 aromatic heterocycles. The van der Waals surface area contributed by atoms with Gasteiger partial charge in [-0.15, -0.1) is 0 Å². The number of anilines is 1. The van der Waals surface area contributed by atoms with Crippen molar-refractivity contribution in [3.8, 4) is 0 Å². The van der Waals surface area contributed by atoms with Crippen LogP contribution in [0, 0.1) is 0 Å². The molecule has 28 heavy (non-hydrogen) atoms. The number of nitrogens with two attached hydrogens (primary N) is 1. The van der Waals surface area contributed by atoms with E-state index in [2.05, 4.69) is 21.2 Å². The van der Waals surface area contributed by atoms with Gasteiger partial charge in [0, 0.05) is 11.0 Å². The van der Waals surface area contributed by atoms with Crippen molar-refractivity contribution in [2.75, 3.05) is 11.9 Å². The normalized spacial score (nSPS) is 15.9. The Balaban J connectivity index is 1.66. The van der Waals surface area contributed by atoms with Crippen molar-refractivity contribution in [3.63, 3.8) is 0 Å². The van der Waals surface area contributed by atoms with Crippen molar-refractivity contribution in [2.24, 2.45) is 5.73 Å². The fraction of sp³-hybridized carbons (Fsp3) is 0.250. The summed E-state index contributed by atoms with van der Waals surface area (Å²) in [5.41, 5.74) is 6.76. The van der Waals surface area contributed by atoms with Crippen LogP contribution in [0.3, 0.4) is 0 Å². The van der Waals surface area contributed by atoms with Gasteiger partial charge >= 0.3 is 6.09 Å². The van der Waals surface area contributed by atoms with Crippen molar-refractivity contribution < 1.29 is 19.1 Å². The molecule has 2 aromatic rings. The van der Waals surface area contributed by atoms with E-state index < -0.39 is 18.0 Å². The summed E-state index contributed by atoms with van der Waals surface area (Å²) in [5.74, 6) is -1.03. The lowest BCUT2D eigenvalue weighted by molar-refractivity contribution is -0.120. The van der Waals surface area contributed by atoms with Gasteiger partial charge in [0.2, 0.25) is 5.91 Å². The first kappa shape index (κ1) is 19.9. The monoisotopic (exact) mass is 445 g/mol. The second-order valence-corrected chi connectivity index (χ2v) is 7.35. The van der Waals surface area contributed by atoms with Crippen LogP contribution in [-0.2, 0) is 16.1 Å². The number of likely N-dealkylation sites (tertiary alicyclic amines) is 1. The highest BCUT2D eigenvalue weighted by molar-refractivity contribution is 9.10. The van der Waals surface area contributed by atoms with Crippen LogP contribution in [0.1, 0.15) is 28.8 Å². The van der Waals surface area contributed by atoms with Gasteiger partial charge in [0.1, 0.15) is 12.6 Å². The topological polar surface area (TPSA) is 102 Å². The van der Waals surface area contributed by atoms with Crippen molar-refractivity contribution in [3.05, 3.63) is 64.1 Å². The molecule has 1 aliphatic heterocycles. The predicted molar refractivity (Wildman–Crippen MR) is 108 cm³/mol. The molecule has 1 saturated heterocycles. The Hall–Kier alpha value is -2.87. The van der Waals surface area contributed by atoms with E-state index in [0.29, 0.717) is 29.5 Å². The molecular formula is C20H20BrN3O4. The van der Waals surface area contributed by atoms with Gasteiger partial charge in [0.15, 0.2) is 0 Å². The molecule has 8 heteroatoms. The Kier molecular flexibility index (Phi) is 6.30. The third-order valence-electron chi connectivity index (χ3n) is 4.50. The number of ether oxygens (including phenoxy) is 1. The molecule has 0 saturated carbocycles. The third kappa shape index (κ3) is 4.69. The van der Waals surface area contributed by atoms with Gasteiger partial charge in [-0.25, -0.2) is 4.79 Å². The van der Waals surface area contributed by atoms with Gasteiger partial charge in [0.25, 0.3) is 5.91 Å². The average Bonchev–Trinajstić information content (AvgIpc) is 3.18. The highest BCUT2D eigenvalue weighted by Gasteiger charge is 2.35. The summed E-state index contributed by atoms with van der Waals surface area (Å²) in [4.78, 5) is 38.2. The van der Waals surface area contributed by atoms with E-state index in [1.165, 1.54) is 4.90 Å². The first-order valence-corrected chi connectivity index (χ1v) is 9.62. The van der Waals surface area contributed by atoms with E-state index in [1.807, 2.05) is 30.3 Å². The summed E-state index contributed by atoms with van der Waals surface area (Å²) in [6, 6.07) is 13.5. The molecule has 0 spiro atoms. The number of hydrogen-bond donors (Lipinski definition) is 2. The number of nitrogens with one attached hydrogen (secondary N) is 1. The number of hydrogen-bond acceptors (Lipinski definition) is 4. The maximum atomic E-state index is 12.7. The molecule has 0 unspecified atom stereocenters. The van der Waals surface area contributed by atoms with Crippen molar-refractivity contribution >= 4 is 39.5 Å². The lowest BCUT2D eigenvalue weighted by Gasteiger charge is -2.23. The predicted octanol–water partition coefficient (Wildman–Crippen LogP) is 3.29. The smallest absolute Gasteiger partial charge is 0.410 e. The summed E-state index contributed by atoms with van der Waals surface area (Å²) >= 11 is 3.27. The zero-order valence-electron chi connectivity index (χ0n) is 15.1. The molecular weight excluding hydrogens is 426 g/mol. The Morgan fingerprint density at radius 3 is 2.64 bits per heavy atom. The number of rotatable bonds is 5. The number of halogens is 1. The Labute approximate surface area is 171 Å². The van der Waals surface area contributed by atoms with Crippen molar-refractivity contribution in [1.82, 2.24) is 4.90 Å². The zero-order valence-corrected chi connectivity index (χ0v) is 16.6. The summed E-state index contributed by atoms with van der Waals surface area (Å²) in [6.07, 6.45) is 0.684. The van der Waals surface area contributed by atoms with E-state index in [4.69, 9.17) is 10.5 Å². The fourth-order valence-corrected chi connectivity index (χ4v) is 3.47. The van der Waals surface area contributed by atoms with E-state index in [0.717, 1.165) is 5.56 Å². The Bertz CT molecular complexity index is 888. The molecule has 1 heterocycles. The number of primary amides is 1. The lowest BCUT2D eigenvalue weighted by atomic mass is 10.1. The minimum Gasteiger partial charge on any atom is -0.445 e. The van der Waals surface area contributed by atoms with Crippen molar-refractivity contribution in [1.29, 1.82) is 0 Å². The van der Waals surface area contributed by atoms with Crippen LogP contribution >= 0.6 is 15.9 Å². The van der Waals surface area contributed by atoms with Crippen LogP contribution in [0.25, 0.3) is 0 Å². The molecule has 0 aliphatic carbocycles. The lowest BCUT2D eigenvalue weighted by Crippen LogP contribution is -2.43. The number of benzene rings is 2. The molecule has 0 radical (unpaired) electrons. The minimum absolute atomic E-state index is 0.142. The van der Waals surface area contributed by atoms with Crippen molar-refractivity contribution in [2.45, 2.75) is 25.5 Å². The van der Waals surface area contributed by atoms with Crippen LogP contribution in [0.15, 0.2) is 53.0 Å². The first-order chi connectivity index (χ1) is 13.5. The van der Waals surface area contributed by atoms with Gasteiger partial charge in [-0.3, -0.25) is 14.5 Å². The molecule has 2 aromatic carbocycles. The molecule has 1 fully saturated rings. The number of amides is 3. The van der Waals surface area contributed by atoms with Gasteiger partial charge in [0.05, 0.1) is 11.3 Å². The molecule has 0 bridgehead atoms. The Morgan fingerprint density at radius 2 is 1.93 bits per heavy atom. The fourth-order valence-electron chi connectivity index (χ4n) is 3.11. The second-order valence-electron chi connectivity index (χ2n) is 6.44. The van der Waals surface area contributed by atoms with Crippen LogP contribution < -0.4 is 11.1 Å². The summed E-state index contributed by atoms with van der Waals surface area (Å²) in [7, 11) is 0. The molecule has 3 rings (SSSR count). The van der Waals surface area contributed by atoms with Crippen LogP contribution in [0.4, 0.5) is 10.5 Å².